The first kappa shape index (κ1) is 15.5. The largest absolute Gasteiger partial charge is 0.382 e. The van der Waals surface area contributed by atoms with Crippen LogP contribution in [0.1, 0.15) is 0 Å². The molecule has 0 aliphatic rings. The van der Waals surface area contributed by atoms with E-state index < -0.39 is 0 Å². The van der Waals surface area contributed by atoms with Crippen molar-refractivity contribution >= 4 is 27.6 Å². The predicted molar refractivity (Wildman–Crippen MR) is 112 cm³/mol. The molecule has 0 saturated carbocycles. The first-order chi connectivity index (χ1) is 13.3. The summed E-state index contributed by atoms with van der Waals surface area (Å²) in [6, 6.07) is 31.0. The molecule has 0 amide bonds. The molecule has 0 atom stereocenters. The van der Waals surface area contributed by atoms with Gasteiger partial charge in [-0.1, -0.05) is 78.9 Å². The number of para-hydroxylation sites is 2. The molecule has 2 N–H and O–H groups in total. The Morgan fingerprint density at radius 2 is 1.19 bits per heavy atom. The molecule has 27 heavy (non-hydrogen) atoms. The van der Waals surface area contributed by atoms with Crippen LogP contribution in [0.5, 0.6) is 0 Å². The summed E-state index contributed by atoms with van der Waals surface area (Å²) >= 11 is 0. The Morgan fingerprint density at radius 3 is 2.00 bits per heavy atom. The molecule has 4 aromatic carbocycles. The van der Waals surface area contributed by atoms with Crippen LogP contribution < -0.4 is 5.73 Å². The third-order valence-corrected chi connectivity index (χ3v) is 4.86. The Morgan fingerprint density at radius 1 is 0.556 bits per heavy atom. The minimum absolute atomic E-state index is 0.451. The van der Waals surface area contributed by atoms with Crippen LogP contribution in [0.2, 0.25) is 0 Å². The van der Waals surface area contributed by atoms with Gasteiger partial charge >= 0.3 is 0 Å². The van der Waals surface area contributed by atoms with Crippen LogP contribution in [-0.2, 0) is 0 Å². The maximum Gasteiger partial charge on any atom is 0.150 e. The fraction of sp³-hybridized carbons (Fsp3) is 0. The van der Waals surface area contributed by atoms with Crippen molar-refractivity contribution in [2.45, 2.75) is 0 Å². The number of anilines is 1. The summed E-state index contributed by atoms with van der Waals surface area (Å²) in [5.41, 5.74) is 11.9. The average Bonchev–Trinajstić information content (AvgIpc) is 2.73. The Hall–Kier alpha value is -3.72. The molecular formula is C24H17N3. The molecule has 5 aromatic rings. The summed E-state index contributed by atoms with van der Waals surface area (Å²) in [7, 11) is 0. The lowest BCUT2D eigenvalue weighted by molar-refractivity contribution is 1.30. The lowest BCUT2D eigenvalue weighted by Crippen LogP contribution is -1.98. The first-order valence-electron chi connectivity index (χ1n) is 8.90. The zero-order chi connectivity index (χ0) is 18.2. The molecule has 1 heterocycles. The average molecular weight is 347 g/mol. The number of fused-ring (bicyclic) bond motifs is 2. The summed E-state index contributed by atoms with van der Waals surface area (Å²) in [4.78, 5) is 9.20. The van der Waals surface area contributed by atoms with Crippen LogP contribution in [0.25, 0.3) is 44.2 Å². The highest BCUT2D eigenvalue weighted by Crippen LogP contribution is 2.31. The number of hydrogen-bond acceptors (Lipinski definition) is 3. The second kappa shape index (κ2) is 6.22. The van der Waals surface area contributed by atoms with E-state index in [1.807, 2.05) is 24.3 Å². The summed E-state index contributed by atoms with van der Waals surface area (Å²) in [6.45, 7) is 0. The number of rotatable bonds is 2. The molecule has 0 fully saturated rings. The SMILES string of the molecule is Nc1nc2ccccc2nc1-c1ccc(-c2cccc3ccccc23)cc1. The number of nitrogen functional groups attached to an aromatic ring is 1. The Kier molecular flexibility index (Phi) is 3.58. The minimum Gasteiger partial charge on any atom is -0.382 e. The van der Waals surface area contributed by atoms with Gasteiger partial charge in [-0.25, -0.2) is 9.97 Å². The third-order valence-electron chi connectivity index (χ3n) is 4.86. The molecule has 5 rings (SSSR count). The van der Waals surface area contributed by atoms with Crippen molar-refractivity contribution in [3.05, 3.63) is 91.0 Å². The molecule has 0 bridgehead atoms. The normalized spacial score (nSPS) is 11.1. The van der Waals surface area contributed by atoms with Crippen LogP contribution >= 0.6 is 0 Å². The maximum atomic E-state index is 6.17. The third kappa shape index (κ3) is 2.70. The van der Waals surface area contributed by atoms with Gasteiger partial charge in [0.05, 0.1) is 11.0 Å². The molecule has 1 aromatic heterocycles. The summed E-state index contributed by atoms with van der Waals surface area (Å²) in [5.74, 6) is 0.451. The van der Waals surface area contributed by atoms with Crippen molar-refractivity contribution < 1.29 is 0 Å². The van der Waals surface area contributed by atoms with Crippen molar-refractivity contribution in [3.8, 4) is 22.4 Å². The zero-order valence-corrected chi connectivity index (χ0v) is 14.6. The molecule has 0 unspecified atom stereocenters. The Balaban J connectivity index is 1.60. The topological polar surface area (TPSA) is 51.8 Å². The van der Waals surface area contributed by atoms with Crippen LogP contribution in [0, 0.1) is 0 Å². The fourth-order valence-corrected chi connectivity index (χ4v) is 3.51. The van der Waals surface area contributed by atoms with Gasteiger partial charge in [-0.05, 0) is 34.0 Å². The van der Waals surface area contributed by atoms with Gasteiger partial charge in [0.25, 0.3) is 0 Å². The summed E-state index contributed by atoms with van der Waals surface area (Å²) in [6.07, 6.45) is 0. The van der Waals surface area contributed by atoms with E-state index in [1.165, 1.54) is 21.9 Å². The summed E-state index contributed by atoms with van der Waals surface area (Å²) < 4.78 is 0. The van der Waals surface area contributed by atoms with E-state index in [-0.39, 0.29) is 0 Å². The minimum atomic E-state index is 0.451. The predicted octanol–water partition coefficient (Wildman–Crippen LogP) is 5.70. The van der Waals surface area contributed by atoms with Crippen molar-refractivity contribution in [2.75, 3.05) is 5.73 Å². The Labute approximate surface area is 157 Å². The van der Waals surface area contributed by atoms with Gasteiger partial charge in [0.2, 0.25) is 0 Å². The van der Waals surface area contributed by atoms with Gasteiger partial charge in [-0.3, -0.25) is 0 Å². The van der Waals surface area contributed by atoms with Gasteiger partial charge < -0.3 is 5.73 Å². The molecule has 3 nitrogen and oxygen atoms in total. The van der Waals surface area contributed by atoms with Crippen molar-refractivity contribution in [2.24, 2.45) is 0 Å². The van der Waals surface area contributed by atoms with Crippen molar-refractivity contribution in [3.63, 3.8) is 0 Å². The van der Waals surface area contributed by atoms with E-state index in [2.05, 4.69) is 71.7 Å². The van der Waals surface area contributed by atoms with E-state index in [0.29, 0.717) is 5.82 Å². The van der Waals surface area contributed by atoms with E-state index in [9.17, 15) is 0 Å². The lowest BCUT2D eigenvalue weighted by Gasteiger charge is -2.09. The van der Waals surface area contributed by atoms with Crippen LogP contribution in [0.15, 0.2) is 91.0 Å². The van der Waals surface area contributed by atoms with Crippen molar-refractivity contribution in [1.82, 2.24) is 9.97 Å². The molecule has 128 valence electrons. The van der Waals surface area contributed by atoms with Crippen molar-refractivity contribution in [1.29, 1.82) is 0 Å². The number of hydrogen-bond donors (Lipinski definition) is 1. The number of benzene rings is 4. The molecule has 0 aliphatic heterocycles. The quantitative estimate of drug-likeness (QED) is 0.446. The molecule has 0 saturated heterocycles. The van der Waals surface area contributed by atoms with E-state index in [0.717, 1.165) is 22.3 Å². The fourth-order valence-electron chi connectivity index (χ4n) is 3.51. The molecular weight excluding hydrogens is 330 g/mol. The van der Waals surface area contributed by atoms with Crippen LogP contribution in [-0.4, -0.2) is 9.97 Å². The monoisotopic (exact) mass is 347 g/mol. The second-order valence-corrected chi connectivity index (χ2v) is 6.55. The highest BCUT2D eigenvalue weighted by atomic mass is 14.9. The van der Waals surface area contributed by atoms with Gasteiger partial charge in [-0.15, -0.1) is 0 Å². The lowest BCUT2D eigenvalue weighted by atomic mass is 9.97. The van der Waals surface area contributed by atoms with Gasteiger partial charge in [0, 0.05) is 5.56 Å². The second-order valence-electron chi connectivity index (χ2n) is 6.55. The van der Waals surface area contributed by atoms with Gasteiger partial charge in [0.15, 0.2) is 5.82 Å². The van der Waals surface area contributed by atoms with E-state index in [1.54, 1.807) is 0 Å². The zero-order valence-electron chi connectivity index (χ0n) is 14.6. The molecule has 0 radical (unpaired) electrons. The smallest absolute Gasteiger partial charge is 0.150 e. The summed E-state index contributed by atoms with van der Waals surface area (Å²) in [5, 5.41) is 2.49. The number of aromatic nitrogens is 2. The van der Waals surface area contributed by atoms with E-state index in [4.69, 9.17) is 10.7 Å². The first-order valence-corrected chi connectivity index (χ1v) is 8.90. The Bertz CT molecular complexity index is 1270. The molecule has 3 heteroatoms. The molecule has 0 spiro atoms. The van der Waals surface area contributed by atoms with Gasteiger partial charge in [-0.2, -0.15) is 0 Å². The van der Waals surface area contributed by atoms with Crippen LogP contribution in [0.4, 0.5) is 5.82 Å². The van der Waals surface area contributed by atoms with Crippen LogP contribution in [0.3, 0.4) is 0 Å². The highest BCUT2D eigenvalue weighted by Gasteiger charge is 2.09. The van der Waals surface area contributed by atoms with Gasteiger partial charge in [0.1, 0.15) is 5.69 Å². The number of nitrogens with two attached hydrogens (primary N) is 1. The van der Waals surface area contributed by atoms with E-state index >= 15 is 0 Å². The standard InChI is InChI=1S/C24H17N3/c25-24-23(26-21-10-3-4-11-22(21)27-24)18-14-12-17(13-15-18)20-9-5-7-16-6-1-2-8-19(16)20/h1-15H,(H2,25,27). The highest BCUT2D eigenvalue weighted by molar-refractivity contribution is 5.97. The number of nitrogens with zero attached hydrogens (tertiary/aromatic N) is 2. The maximum absolute atomic E-state index is 6.17. The molecule has 0 aliphatic carbocycles.